The number of aryl methyl sites for hydroxylation is 1. The molecule has 1 aliphatic heterocycles. The van der Waals surface area contributed by atoms with Crippen LogP contribution in [0.25, 0.3) is 5.76 Å². The van der Waals surface area contributed by atoms with E-state index in [2.05, 4.69) is 6.08 Å². The van der Waals surface area contributed by atoms with Gasteiger partial charge in [-0.25, -0.2) is 0 Å². The van der Waals surface area contributed by atoms with Crippen molar-refractivity contribution in [3.63, 3.8) is 0 Å². The lowest BCUT2D eigenvalue weighted by molar-refractivity contribution is -0.139. The van der Waals surface area contributed by atoms with Crippen LogP contribution in [0.2, 0.25) is 0 Å². The number of hydrogen-bond donors (Lipinski definition) is 0. The highest BCUT2D eigenvalue weighted by atomic mass is 16.5. The minimum atomic E-state index is -0.224. The topological polar surface area (TPSA) is 35.5 Å². The second-order valence-electron chi connectivity index (χ2n) is 4.47. The molecule has 0 atom stereocenters. The lowest BCUT2D eigenvalue weighted by Crippen LogP contribution is -2.09. The molecule has 1 heterocycles. The van der Waals surface area contributed by atoms with E-state index < -0.39 is 0 Å². The van der Waals surface area contributed by atoms with Gasteiger partial charge in [-0.2, -0.15) is 0 Å². The van der Waals surface area contributed by atoms with Crippen LogP contribution in [0, 0.1) is 6.92 Å². The molecule has 0 fully saturated rings. The number of hydrogen-bond acceptors (Lipinski definition) is 3. The predicted octanol–water partition coefficient (Wildman–Crippen LogP) is 2.86. The van der Waals surface area contributed by atoms with Gasteiger partial charge in [0.05, 0.1) is 20.1 Å². The van der Waals surface area contributed by atoms with Crippen LogP contribution in [0.4, 0.5) is 0 Å². The summed E-state index contributed by atoms with van der Waals surface area (Å²) in [7, 11) is 1.41. The van der Waals surface area contributed by atoms with Gasteiger partial charge in [0.1, 0.15) is 5.76 Å². The first kappa shape index (κ1) is 12.7. The van der Waals surface area contributed by atoms with E-state index in [1.54, 1.807) is 0 Å². The zero-order valence-corrected chi connectivity index (χ0v) is 10.9. The molecule has 0 unspecified atom stereocenters. The van der Waals surface area contributed by atoms with E-state index in [1.807, 2.05) is 25.1 Å². The molecule has 1 aromatic rings. The molecule has 0 saturated heterocycles. The van der Waals surface area contributed by atoms with Crippen molar-refractivity contribution in [3.05, 3.63) is 41.0 Å². The largest absolute Gasteiger partial charge is 0.493 e. The molecular formula is C15H18O3. The van der Waals surface area contributed by atoms with Gasteiger partial charge in [-0.1, -0.05) is 23.8 Å². The van der Waals surface area contributed by atoms with E-state index in [0.29, 0.717) is 0 Å². The standard InChI is InChI=1S/C15H18O3/c1-11-6-7-13(14-5-3-4-8-18-14)12(9-11)10-15(16)17-2/h5-7,9H,3-4,8,10H2,1-2H3. The molecule has 0 spiro atoms. The van der Waals surface area contributed by atoms with Crippen molar-refractivity contribution in [2.75, 3.05) is 13.7 Å². The monoisotopic (exact) mass is 246 g/mol. The number of benzene rings is 1. The summed E-state index contributed by atoms with van der Waals surface area (Å²) in [6.45, 7) is 2.76. The number of esters is 1. The minimum absolute atomic E-state index is 0.224. The second kappa shape index (κ2) is 5.71. The first-order valence-corrected chi connectivity index (χ1v) is 6.20. The first-order chi connectivity index (χ1) is 8.70. The average Bonchev–Trinajstić information content (AvgIpc) is 2.40. The molecule has 0 saturated carbocycles. The fourth-order valence-corrected chi connectivity index (χ4v) is 2.08. The normalized spacial score (nSPS) is 14.7. The molecule has 18 heavy (non-hydrogen) atoms. The van der Waals surface area contributed by atoms with Gasteiger partial charge in [0.15, 0.2) is 0 Å². The molecule has 1 aromatic carbocycles. The van der Waals surface area contributed by atoms with Gasteiger partial charge < -0.3 is 9.47 Å². The van der Waals surface area contributed by atoms with Crippen molar-refractivity contribution >= 4 is 11.7 Å². The summed E-state index contributed by atoms with van der Waals surface area (Å²) in [6.07, 6.45) is 4.46. The quantitative estimate of drug-likeness (QED) is 0.769. The summed E-state index contributed by atoms with van der Waals surface area (Å²) < 4.78 is 10.4. The molecule has 0 radical (unpaired) electrons. The number of ether oxygens (including phenoxy) is 2. The van der Waals surface area contributed by atoms with Crippen molar-refractivity contribution in [3.8, 4) is 0 Å². The van der Waals surface area contributed by atoms with Gasteiger partial charge in [0.25, 0.3) is 0 Å². The van der Waals surface area contributed by atoms with Crippen LogP contribution in [-0.4, -0.2) is 19.7 Å². The third-order valence-electron chi connectivity index (χ3n) is 3.02. The Morgan fingerprint density at radius 1 is 1.44 bits per heavy atom. The number of allylic oxidation sites excluding steroid dienone is 1. The number of methoxy groups -OCH3 is 1. The van der Waals surface area contributed by atoms with Crippen LogP contribution in [-0.2, 0) is 20.7 Å². The van der Waals surface area contributed by atoms with Crippen molar-refractivity contribution < 1.29 is 14.3 Å². The maximum Gasteiger partial charge on any atom is 0.310 e. The van der Waals surface area contributed by atoms with Crippen molar-refractivity contribution in [2.24, 2.45) is 0 Å². The Kier molecular flexibility index (Phi) is 4.03. The highest BCUT2D eigenvalue weighted by Gasteiger charge is 2.14. The summed E-state index contributed by atoms with van der Waals surface area (Å²) >= 11 is 0. The maximum atomic E-state index is 11.4. The Morgan fingerprint density at radius 3 is 2.94 bits per heavy atom. The predicted molar refractivity (Wildman–Crippen MR) is 70.1 cm³/mol. The number of carbonyl (C=O) groups is 1. The van der Waals surface area contributed by atoms with E-state index >= 15 is 0 Å². The molecule has 0 amide bonds. The van der Waals surface area contributed by atoms with Gasteiger partial charge >= 0.3 is 5.97 Å². The van der Waals surface area contributed by atoms with Crippen LogP contribution in [0.1, 0.15) is 29.5 Å². The van der Waals surface area contributed by atoms with Gasteiger partial charge in [-0.3, -0.25) is 4.79 Å². The van der Waals surface area contributed by atoms with Crippen LogP contribution in [0.5, 0.6) is 0 Å². The van der Waals surface area contributed by atoms with E-state index in [0.717, 1.165) is 41.9 Å². The Hall–Kier alpha value is -1.77. The smallest absolute Gasteiger partial charge is 0.310 e. The number of rotatable bonds is 3. The molecule has 2 rings (SSSR count). The molecule has 0 aromatic heterocycles. The molecule has 3 nitrogen and oxygen atoms in total. The Labute approximate surface area is 107 Å². The molecular weight excluding hydrogens is 228 g/mol. The molecule has 3 heteroatoms. The summed E-state index contributed by atoms with van der Waals surface area (Å²) in [5, 5.41) is 0. The van der Waals surface area contributed by atoms with Gasteiger partial charge in [0, 0.05) is 5.56 Å². The van der Waals surface area contributed by atoms with Crippen molar-refractivity contribution in [1.82, 2.24) is 0 Å². The van der Waals surface area contributed by atoms with Gasteiger partial charge in [-0.15, -0.1) is 0 Å². The summed E-state index contributed by atoms with van der Waals surface area (Å²) in [5.74, 6) is 0.665. The van der Waals surface area contributed by atoms with E-state index in [4.69, 9.17) is 9.47 Å². The number of carbonyl (C=O) groups excluding carboxylic acids is 1. The molecule has 0 N–H and O–H groups in total. The second-order valence-corrected chi connectivity index (χ2v) is 4.47. The first-order valence-electron chi connectivity index (χ1n) is 6.20. The minimum Gasteiger partial charge on any atom is -0.493 e. The van der Waals surface area contributed by atoms with Crippen molar-refractivity contribution in [2.45, 2.75) is 26.2 Å². The summed E-state index contributed by atoms with van der Waals surface area (Å²) in [6, 6.07) is 6.07. The highest BCUT2D eigenvalue weighted by Crippen LogP contribution is 2.26. The SMILES string of the molecule is COC(=O)Cc1cc(C)ccc1C1=CCCCO1. The van der Waals surface area contributed by atoms with Crippen LogP contribution >= 0.6 is 0 Å². The lowest BCUT2D eigenvalue weighted by atomic mass is 9.99. The fraction of sp³-hybridized carbons (Fsp3) is 0.400. The van der Waals surface area contributed by atoms with Crippen LogP contribution < -0.4 is 0 Å². The van der Waals surface area contributed by atoms with Crippen molar-refractivity contribution in [1.29, 1.82) is 0 Å². The molecule has 96 valence electrons. The third-order valence-corrected chi connectivity index (χ3v) is 3.02. The Bertz CT molecular complexity index is 475. The van der Waals surface area contributed by atoms with E-state index in [1.165, 1.54) is 7.11 Å². The lowest BCUT2D eigenvalue weighted by Gasteiger charge is -2.18. The molecule has 1 aliphatic rings. The van der Waals surface area contributed by atoms with Crippen LogP contribution in [0.3, 0.4) is 0 Å². The zero-order chi connectivity index (χ0) is 13.0. The summed E-state index contributed by atoms with van der Waals surface area (Å²) in [4.78, 5) is 11.4. The Balaban J connectivity index is 2.33. The maximum absolute atomic E-state index is 11.4. The zero-order valence-electron chi connectivity index (χ0n) is 10.9. The average molecular weight is 246 g/mol. The fourth-order valence-electron chi connectivity index (χ4n) is 2.08. The van der Waals surface area contributed by atoms with E-state index in [-0.39, 0.29) is 12.4 Å². The molecule has 0 aliphatic carbocycles. The van der Waals surface area contributed by atoms with Gasteiger partial charge in [-0.05, 0) is 31.4 Å². The molecule has 0 bridgehead atoms. The Morgan fingerprint density at radius 2 is 2.28 bits per heavy atom. The summed E-state index contributed by atoms with van der Waals surface area (Å²) in [5.41, 5.74) is 3.11. The van der Waals surface area contributed by atoms with E-state index in [9.17, 15) is 4.79 Å². The third kappa shape index (κ3) is 2.92. The highest BCUT2D eigenvalue weighted by molar-refractivity contribution is 5.76. The van der Waals surface area contributed by atoms with Crippen LogP contribution in [0.15, 0.2) is 24.3 Å². The van der Waals surface area contributed by atoms with Gasteiger partial charge in [0.2, 0.25) is 0 Å².